The zero-order chi connectivity index (χ0) is 21.9. The third-order valence-electron chi connectivity index (χ3n) is 4.82. The maximum atomic E-state index is 12.2. The summed E-state index contributed by atoms with van der Waals surface area (Å²) in [5.41, 5.74) is 6.27. The van der Waals surface area contributed by atoms with E-state index < -0.39 is 11.8 Å². The predicted octanol–water partition coefficient (Wildman–Crippen LogP) is 4.47. The molecule has 0 bridgehead atoms. The zero-order valence-electron chi connectivity index (χ0n) is 18.2. The van der Waals surface area contributed by atoms with Gasteiger partial charge in [-0.15, -0.1) is 0 Å². The summed E-state index contributed by atoms with van der Waals surface area (Å²) in [5, 5.41) is 0. The molecule has 1 unspecified atom stereocenters. The van der Waals surface area contributed by atoms with Gasteiger partial charge in [0.15, 0.2) is 6.61 Å². The van der Waals surface area contributed by atoms with E-state index in [0.29, 0.717) is 35.5 Å². The fourth-order valence-corrected chi connectivity index (χ4v) is 2.73. The van der Waals surface area contributed by atoms with E-state index in [0.717, 1.165) is 18.4 Å². The highest BCUT2D eigenvalue weighted by atomic mass is 16.5. The second-order valence-corrected chi connectivity index (χ2v) is 7.69. The Kier molecular flexibility index (Phi) is 9.19. The van der Waals surface area contributed by atoms with Gasteiger partial charge in [-0.3, -0.25) is 20.4 Å². The Morgan fingerprint density at radius 2 is 1.63 bits per heavy atom. The summed E-state index contributed by atoms with van der Waals surface area (Å²) in [5.74, 6) is 1.46. The summed E-state index contributed by atoms with van der Waals surface area (Å²) >= 11 is 0. The Bertz CT molecular complexity index is 818. The summed E-state index contributed by atoms with van der Waals surface area (Å²) in [6.07, 6.45) is 1.95. The zero-order valence-corrected chi connectivity index (χ0v) is 18.2. The minimum Gasteiger partial charge on any atom is -0.494 e. The summed E-state index contributed by atoms with van der Waals surface area (Å²) in [6.45, 7) is 8.95. The normalized spacial score (nSPS) is 11.6. The van der Waals surface area contributed by atoms with Crippen molar-refractivity contribution in [3.63, 3.8) is 0 Å². The molecule has 0 aliphatic heterocycles. The van der Waals surface area contributed by atoms with E-state index in [1.807, 2.05) is 24.3 Å². The summed E-state index contributed by atoms with van der Waals surface area (Å²) in [4.78, 5) is 24.3. The molecule has 0 spiro atoms. The van der Waals surface area contributed by atoms with E-state index in [-0.39, 0.29) is 6.61 Å². The van der Waals surface area contributed by atoms with Gasteiger partial charge in [-0.25, -0.2) is 0 Å². The Hall–Kier alpha value is -3.02. The number of nitrogens with one attached hydrogen (secondary N) is 2. The highest BCUT2D eigenvalue weighted by Gasteiger charge is 2.12. The van der Waals surface area contributed by atoms with Crippen LogP contribution in [0.15, 0.2) is 48.5 Å². The molecule has 162 valence electrons. The van der Waals surface area contributed by atoms with Crippen LogP contribution >= 0.6 is 0 Å². The first-order valence-corrected chi connectivity index (χ1v) is 10.4. The van der Waals surface area contributed by atoms with Crippen LogP contribution in [0.1, 0.15) is 62.4 Å². The Morgan fingerprint density at radius 3 is 2.30 bits per heavy atom. The number of ether oxygens (including phenoxy) is 2. The summed E-state index contributed by atoms with van der Waals surface area (Å²) in [6, 6.07) is 14.5. The van der Waals surface area contributed by atoms with Gasteiger partial charge in [-0.2, -0.15) is 0 Å². The van der Waals surface area contributed by atoms with Crippen molar-refractivity contribution in [1.82, 2.24) is 10.9 Å². The largest absolute Gasteiger partial charge is 0.494 e. The van der Waals surface area contributed by atoms with Crippen molar-refractivity contribution in [3.8, 4) is 11.5 Å². The fourth-order valence-electron chi connectivity index (χ4n) is 2.73. The quantitative estimate of drug-likeness (QED) is 0.565. The van der Waals surface area contributed by atoms with Crippen LogP contribution in [0.4, 0.5) is 0 Å². The van der Waals surface area contributed by atoms with Crippen LogP contribution in [-0.4, -0.2) is 25.0 Å². The van der Waals surface area contributed by atoms with Crippen molar-refractivity contribution >= 4 is 11.8 Å². The Labute approximate surface area is 178 Å². The minimum atomic E-state index is -0.434. The molecule has 0 fully saturated rings. The number of rotatable bonds is 10. The van der Waals surface area contributed by atoms with E-state index >= 15 is 0 Å². The maximum Gasteiger partial charge on any atom is 0.276 e. The van der Waals surface area contributed by atoms with Gasteiger partial charge in [-0.1, -0.05) is 45.9 Å². The lowest BCUT2D eigenvalue weighted by molar-refractivity contribution is -0.123. The first-order chi connectivity index (χ1) is 14.4. The molecule has 0 radical (unpaired) electrons. The lowest BCUT2D eigenvalue weighted by Gasteiger charge is -2.15. The van der Waals surface area contributed by atoms with E-state index in [1.165, 1.54) is 0 Å². The van der Waals surface area contributed by atoms with Crippen LogP contribution in [0.3, 0.4) is 0 Å². The van der Waals surface area contributed by atoms with Crippen molar-refractivity contribution in [1.29, 1.82) is 0 Å². The molecule has 6 heteroatoms. The third kappa shape index (κ3) is 7.43. The predicted molar refractivity (Wildman–Crippen MR) is 118 cm³/mol. The Balaban J connectivity index is 1.79. The molecule has 0 saturated heterocycles. The van der Waals surface area contributed by atoms with Gasteiger partial charge >= 0.3 is 0 Å². The summed E-state index contributed by atoms with van der Waals surface area (Å²) in [7, 11) is 0. The van der Waals surface area contributed by atoms with Crippen LogP contribution < -0.4 is 20.3 Å². The number of carbonyl (C=O) groups excluding carboxylic acids is 2. The van der Waals surface area contributed by atoms with E-state index in [2.05, 4.69) is 38.5 Å². The van der Waals surface area contributed by atoms with Gasteiger partial charge in [0, 0.05) is 5.56 Å². The smallest absolute Gasteiger partial charge is 0.276 e. The van der Waals surface area contributed by atoms with Gasteiger partial charge < -0.3 is 9.47 Å². The average molecular weight is 413 g/mol. The van der Waals surface area contributed by atoms with Gasteiger partial charge in [-0.05, 0) is 60.6 Å². The van der Waals surface area contributed by atoms with Gasteiger partial charge in [0.1, 0.15) is 11.5 Å². The van der Waals surface area contributed by atoms with Gasteiger partial charge in [0.2, 0.25) is 0 Å². The van der Waals surface area contributed by atoms with E-state index in [1.54, 1.807) is 24.3 Å². The van der Waals surface area contributed by atoms with Gasteiger partial charge in [0.25, 0.3) is 11.8 Å². The van der Waals surface area contributed by atoms with Crippen molar-refractivity contribution in [2.75, 3.05) is 13.2 Å². The number of hydrogen-bond donors (Lipinski definition) is 2. The average Bonchev–Trinajstić information content (AvgIpc) is 2.76. The third-order valence-corrected chi connectivity index (χ3v) is 4.82. The molecule has 2 amide bonds. The fraction of sp³-hybridized carbons (Fsp3) is 0.417. The molecule has 0 aliphatic carbocycles. The number of carbonyl (C=O) groups is 2. The molecule has 6 nitrogen and oxygen atoms in total. The standard InChI is InChI=1S/C24H32N2O4/c1-5-18(4)21-8-6-7-9-22(21)30-16-23(27)25-26-24(28)19-10-12-20(13-11-19)29-15-14-17(2)3/h6-13,17-18H,5,14-16H2,1-4H3,(H,25,27)(H,26,28). The molecule has 0 saturated carbocycles. The van der Waals surface area contributed by atoms with Crippen molar-refractivity contribution in [3.05, 3.63) is 59.7 Å². The summed E-state index contributed by atoms with van der Waals surface area (Å²) < 4.78 is 11.3. The van der Waals surface area contributed by atoms with Crippen LogP contribution in [0.2, 0.25) is 0 Å². The molecule has 0 aromatic heterocycles. The molecule has 2 rings (SSSR count). The number of benzene rings is 2. The topological polar surface area (TPSA) is 76.7 Å². The minimum absolute atomic E-state index is 0.184. The molecular formula is C24H32N2O4. The number of para-hydroxylation sites is 1. The van der Waals surface area contributed by atoms with Crippen molar-refractivity contribution in [2.45, 2.75) is 46.5 Å². The molecule has 2 N–H and O–H groups in total. The number of hydrazine groups is 1. The van der Waals surface area contributed by atoms with E-state index in [9.17, 15) is 9.59 Å². The lowest BCUT2D eigenvalue weighted by Crippen LogP contribution is -2.43. The Morgan fingerprint density at radius 1 is 0.933 bits per heavy atom. The van der Waals surface area contributed by atoms with Crippen LogP contribution in [0.25, 0.3) is 0 Å². The molecular weight excluding hydrogens is 380 g/mol. The van der Waals surface area contributed by atoms with E-state index in [4.69, 9.17) is 9.47 Å². The highest BCUT2D eigenvalue weighted by Crippen LogP contribution is 2.28. The molecule has 2 aromatic rings. The molecule has 1 atom stereocenters. The maximum absolute atomic E-state index is 12.2. The van der Waals surface area contributed by atoms with Gasteiger partial charge in [0.05, 0.1) is 6.61 Å². The second kappa shape index (κ2) is 11.9. The van der Waals surface area contributed by atoms with Crippen molar-refractivity contribution in [2.24, 2.45) is 5.92 Å². The molecule has 0 heterocycles. The molecule has 0 aliphatic rings. The lowest BCUT2D eigenvalue weighted by atomic mass is 9.98. The SMILES string of the molecule is CCC(C)c1ccccc1OCC(=O)NNC(=O)c1ccc(OCCC(C)C)cc1. The first kappa shape index (κ1) is 23.3. The van der Waals surface area contributed by atoms with Crippen LogP contribution in [0, 0.1) is 5.92 Å². The highest BCUT2D eigenvalue weighted by molar-refractivity contribution is 5.95. The number of hydrogen-bond acceptors (Lipinski definition) is 4. The molecule has 30 heavy (non-hydrogen) atoms. The molecule has 2 aromatic carbocycles. The van der Waals surface area contributed by atoms with Crippen LogP contribution in [0.5, 0.6) is 11.5 Å². The van der Waals surface area contributed by atoms with Crippen LogP contribution in [-0.2, 0) is 4.79 Å². The second-order valence-electron chi connectivity index (χ2n) is 7.69. The monoisotopic (exact) mass is 412 g/mol. The number of amides is 2. The first-order valence-electron chi connectivity index (χ1n) is 10.4. The van der Waals surface area contributed by atoms with Crippen molar-refractivity contribution < 1.29 is 19.1 Å².